The van der Waals surface area contributed by atoms with Gasteiger partial charge in [-0.3, -0.25) is 4.79 Å². The topological polar surface area (TPSA) is 56.6 Å². The van der Waals surface area contributed by atoms with E-state index < -0.39 is 0 Å². The average Bonchev–Trinajstić information content (AvgIpc) is 2.59. The summed E-state index contributed by atoms with van der Waals surface area (Å²) < 4.78 is 5.38. The second-order valence-electron chi connectivity index (χ2n) is 6.42. The van der Waals surface area contributed by atoms with Crippen molar-refractivity contribution in [1.82, 2.24) is 9.80 Å². The molecule has 1 heterocycles. The Kier molecular flexibility index (Phi) is 5.99. The number of methoxy groups -OCH3 is 1. The molecule has 0 atom stereocenters. The van der Waals surface area contributed by atoms with Crippen molar-refractivity contribution in [2.75, 3.05) is 40.3 Å². The predicted molar refractivity (Wildman–Crippen MR) is 94.8 cm³/mol. The van der Waals surface area contributed by atoms with E-state index in [0.29, 0.717) is 24.8 Å². The number of likely N-dealkylation sites (N-methyl/N-ethyl adjacent to an activating group) is 1. The molecule has 0 aromatic heterocycles. The first-order chi connectivity index (χ1) is 11.5. The molecule has 1 fully saturated rings. The molecule has 0 saturated carbocycles. The van der Waals surface area contributed by atoms with Crippen molar-refractivity contribution in [3.63, 3.8) is 0 Å². The van der Waals surface area contributed by atoms with Gasteiger partial charge >= 0.3 is 0 Å². The smallest absolute Gasteiger partial charge is 0.264 e. The minimum absolute atomic E-state index is 0.152. The molecule has 0 aliphatic carbocycles. The van der Waals surface area contributed by atoms with Crippen LogP contribution < -0.4 is 4.74 Å². The third-order valence-corrected chi connectivity index (χ3v) is 4.36. The van der Waals surface area contributed by atoms with Gasteiger partial charge in [-0.15, -0.1) is 0 Å². The summed E-state index contributed by atoms with van der Waals surface area (Å²) in [4.78, 5) is 16.6. The van der Waals surface area contributed by atoms with Crippen LogP contribution in [0, 0.1) is 11.3 Å². The Balaban J connectivity index is 2.31. The van der Waals surface area contributed by atoms with Crippen LogP contribution in [0.3, 0.4) is 0 Å². The fourth-order valence-corrected chi connectivity index (χ4v) is 2.70. The van der Waals surface area contributed by atoms with Crippen LogP contribution >= 0.6 is 0 Å². The van der Waals surface area contributed by atoms with E-state index in [1.807, 2.05) is 25.2 Å². The Labute approximate surface area is 144 Å². The number of ether oxygens (including phenoxy) is 1. The zero-order chi connectivity index (χ0) is 17.7. The molecule has 128 valence electrons. The third-order valence-electron chi connectivity index (χ3n) is 4.36. The lowest BCUT2D eigenvalue weighted by Crippen LogP contribution is -2.47. The van der Waals surface area contributed by atoms with Gasteiger partial charge in [0, 0.05) is 31.7 Å². The van der Waals surface area contributed by atoms with Gasteiger partial charge in [-0.05, 0) is 36.7 Å². The number of rotatable bonds is 4. The van der Waals surface area contributed by atoms with E-state index in [0.717, 1.165) is 24.2 Å². The highest BCUT2D eigenvalue weighted by Crippen LogP contribution is 2.26. The Morgan fingerprint density at radius 2 is 1.96 bits per heavy atom. The molecule has 1 aromatic rings. The summed E-state index contributed by atoms with van der Waals surface area (Å²) in [5.74, 6) is 0.822. The van der Waals surface area contributed by atoms with Crippen LogP contribution in [-0.4, -0.2) is 56.0 Å². The Hall–Kier alpha value is -2.32. The van der Waals surface area contributed by atoms with Gasteiger partial charge in [0.15, 0.2) is 0 Å². The molecule has 1 aliphatic rings. The molecule has 0 unspecified atom stereocenters. The number of nitrogens with zero attached hydrogens (tertiary/aromatic N) is 3. The lowest BCUT2D eigenvalue weighted by Gasteiger charge is -2.32. The molecule has 1 aliphatic heterocycles. The lowest BCUT2D eigenvalue weighted by molar-refractivity contribution is -0.128. The van der Waals surface area contributed by atoms with Gasteiger partial charge in [-0.2, -0.15) is 5.26 Å². The molecule has 0 spiro atoms. The molecule has 1 aromatic carbocycles. The highest BCUT2D eigenvalue weighted by Gasteiger charge is 2.22. The number of hydrogen-bond acceptors (Lipinski definition) is 4. The molecule has 0 radical (unpaired) electrons. The predicted octanol–water partition coefficient (Wildman–Crippen LogP) is 2.50. The van der Waals surface area contributed by atoms with Crippen molar-refractivity contribution < 1.29 is 9.53 Å². The van der Waals surface area contributed by atoms with E-state index in [9.17, 15) is 10.1 Å². The molecular formula is C19H25N3O2. The van der Waals surface area contributed by atoms with Gasteiger partial charge < -0.3 is 14.5 Å². The number of hydrogen-bond donors (Lipinski definition) is 0. The largest absolute Gasteiger partial charge is 0.496 e. The van der Waals surface area contributed by atoms with Crippen molar-refractivity contribution in [3.05, 3.63) is 34.9 Å². The first-order valence-electron chi connectivity index (χ1n) is 8.23. The van der Waals surface area contributed by atoms with Crippen LogP contribution in [0.2, 0.25) is 0 Å². The van der Waals surface area contributed by atoms with Gasteiger partial charge in [0.25, 0.3) is 5.91 Å². The van der Waals surface area contributed by atoms with Gasteiger partial charge in [-0.25, -0.2) is 0 Å². The quantitative estimate of drug-likeness (QED) is 0.630. The molecule has 0 bridgehead atoms. The Morgan fingerprint density at radius 3 is 2.50 bits per heavy atom. The Bertz CT molecular complexity index is 666. The maximum Gasteiger partial charge on any atom is 0.264 e. The van der Waals surface area contributed by atoms with Crippen molar-refractivity contribution in [2.45, 2.75) is 19.8 Å². The zero-order valence-electron chi connectivity index (χ0n) is 14.9. The lowest BCUT2D eigenvalue weighted by atomic mass is 9.99. The summed E-state index contributed by atoms with van der Waals surface area (Å²) >= 11 is 0. The van der Waals surface area contributed by atoms with E-state index in [2.05, 4.69) is 24.8 Å². The second-order valence-corrected chi connectivity index (χ2v) is 6.42. The summed E-state index contributed by atoms with van der Waals surface area (Å²) in [5, 5.41) is 9.47. The molecule has 5 nitrogen and oxygen atoms in total. The van der Waals surface area contributed by atoms with Crippen molar-refractivity contribution >= 4 is 12.0 Å². The highest BCUT2D eigenvalue weighted by molar-refractivity contribution is 6.02. The standard InChI is InChI=1S/C19H25N3O2/c1-14(2)15-5-6-18(24-4)16(11-15)12-17(13-20)19(23)22-9-7-21(3)8-10-22/h5-6,11-12,14H,7-10H2,1-4H3/b17-12+. The molecule has 0 N–H and O–H groups in total. The minimum atomic E-state index is -0.206. The molecule has 1 saturated heterocycles. The number of amides is 1. The van der Waals surface area contributed by atoms with Crippen LogP contribution in [0.1, 0.15) is 30.9 Å². The third kappa shape index (κ3) is 4.15. The van der Waals surface area contributed by atoms with Gasteiger partial charge in [0.1, 0.15) is 17.4 Å². The Morgan fingerprint density at radius 1 is 1.29 bits per heavy atom. The fraction of sp³-hybridized carbons (Fsp3) is 0.474. The normalized spacial score (nSPS) is 16.2. The maximum atomic E-state index is 12.6. The monoisotopic (exact) mass is 327 g/mol. The van der Waals surface area contributed by atoms with E-state index in [1.54, 1.807) is 18.1 Å². The van der Waals surface area contributed by atoms with E-state index in [-0.39, 0.29) is 11.5 Å². The number of piperazine rings is 1. The first kappa shape index (κ1) is 18.0. The number of carbonyl (C=O) groups excluding carboxylic acids is 1. The molecule has 2 rings (SSSR count). The summed E-state index contributed by atoms with van der Waals surface area (Å²) in [7, 11) is 3.63. The fourth-order valence-electron chi connectivity index (χ4n) is 2.70. The van der Waals surface area contributed by atoms with Crippen LogP contribution in [0.25, 0.3) is 6.08 Å². The second kappa shape index (κ2) is 7.98. The number of benzene rings is 1. The SMILES string of the molecule is COc1ccc(C(C)C)cc1/C=C(\C#N)C(=O)N1CCN(C)CC1. The summed E-state index contributed by atoms with van der Waals surface area (Å²) in [6, 6.07) is 7.94. The average molecular weight is 327 g/mol. The number of nitriles is 1. The van der Waals surface area contributed by atoms with Gasteiger partial charge in [0.05, 0.1) is 7.11 Å². The summed E-state index contributed by atoms with van der Waals surface area (Å²) in [5.41, 5.74) is 2.06. The molecule has 5 heteroatoms. The van der Waals surface area contributed by atoms with Gasteiger partial charge in [0.2, 0.25) is 0 Å². The molecular weight excluding hydrogens is 302 g/mol. The van der Waals surface area contributed by atoms with Crippen molar-refractivity contribution in [1.29, 1.82) is 5.26 Å². The minimum Gasteiger partial charge on any atom is -0.496 e. The van der Waals surface area contributed by atoms with Crippen molar-refractivity contribution in [3.8, 4) is 11.8 Å². The van der Waals surface area contributed by atoms with Crippen LogP contribution in [0.4, 0.5) is 0 Å². The summed E-state index contributed by atoms with van der Waals surface area (Å²) in [6.45, 7) is 7.17. The molecule has 24 heavy (non-hydrogen) atoms. The maximum absolute atomic E-state index is 12.6. The first-order valence-corrected chi connectivity index (χ1v) is 8.23. The van der Waals surface area contributed by atoms with E-state index in [4.69, 9.17) is 4.74 Å². The van der Waals surface area contributed by atoms with Crippen molar-refractivity contribution in [2.24, 2.45) is 0 Å². The number of carbonyl (C=O) groups is 1. The molecule has 1 amide bonds. The highest BCUT2D eigenvalue weighted by atomic mass is 16.5. The zero-order valence-corrected chi connectivity index (χ0v) is 14.9. The van der Waals surface area contributed by atoms with Crippen LogP contribution in [0.15, 0.2) is 23.8 Å². The van der Waals surface area contributed by atoms with Gasteiger partial charge in [-0.1, -0.05) is 19.9 Å². The van der Waals surface area contributed by atoms with E-state index >= 15 is 0 Å². The van der Waals surface area contributed by atoms with Crippen LogP contribution in [-0.2, 0) is 4.79 Å². The summed E-state index contributed by atoms with van der Waals surface area (Å²) in [6.07, 6.45) is 1.64. The van der Waals surface area contributed by atoms with Crippen LogP contribution in [0.5, 0.6) is 5.75 Å². The van der Waals surface area contributed by atoms with E-state index in [1.165, 1.54) is 0 Å².